The van der Waals surface area contributed by atoms with Crippen LogP contribution in [0.1, 0.15) is 45.4 Å². The number of alkyl halides is 3. The van der Waals surface area contributed by atoms with E-state index in [9.17, 15) is 13.2 Å². The van der Waals surface area contributed by atoms with E-state index < -0.39 is 12.1 Å². The molecule has 0 aromatic rings. The molecule has 2 rings (SSSR count). The summed E-state index contributed by atoms with van der Waals surface area (Å²) in [4.78, 5) is 2.29. The SMILES string of the molecule is CC(NC1CCCCC1C(F)(F)F)C1CCN(C)CC1. The number of piperidine rings is 1. The zero-order valence-corrected chi connectivity index (χ0v) is 12.5. The molecule has 1 N–H and O–H groups in total. The summed E-state index contributed by atoms with van der Waals surface area (Å²) in [6, 6.07) is -0.185. The third-order valence-corrected chi connectivity index (χ3v) is 5.13. The van der Waals surface area contributed by atoms with Crippen LogP contribution in [0.2, 0.25) is 0 Å². The van der Waals surface area contributed by atoms with Gasteiger partial charge in [0.2, 0.25) is 0 Å². The lowest BCUT2D eigenvalue weighted by Crippen LogP contribution is -2.51. The lowest BCUT2D eigenvalue weighted by molar-refractivity contribution is -0.189. The third-order valence-electron chi connectivity index (χ3n) is 5.13. The Morgan fingerprint density at radius 2 is 1.65 bits per heavy atom. The predicted octanol–water partition coefficient (Wildman–Crippen LogP) is 3.43. The van der Waals surface area contributed by atoms with E-state index in [1.807, 2.05) is 0 Å². The van der Waals surface area contributed by atoms with Crippen molar-refractivity contribution in [3.8, 4) is 0 Å². The first-order valence-electron chi connectivity index (χ1n) is 7.89. The highest BCUT2D eigenvalue weighted by Crippen LogP contribution is 2.38. The molecule has 20 heavy (non-hydrogen) atoms. The lowest BCUT2D eigenvalue weighted by Gasteiger charge is -2.39. The van der Waals surface area contributed by atoms with Crippen molar-refractivity contribution in [3.63, 3.8) is 0 Å². The number of hydrogen-bond acceptors (Lipinski definition) is 2. The Hall–Kier alpha value is -0.290. The van der Waals surface area contributed by atoms with Gasteiger partial charge in [0.25, 0.3) is 0 Å². The summed E-state index contributed by atoms with van der Waals surface area (Å²) < 4.78 is 39.3. The zero-order valence-electron chi connectivity index (χ0n) is 12.5. The van der Waals surface area contributed by atoms with Gasteiger partial charge in [0, 0.05) is 12.1 Å². The minimum Gasteiger partial charge on any atom is -0.311 e. The minimum absolute atomic E-state index is 0.191. The van der Waals surface area contributed by atoms with Crippen LogP contribution in [0.15, 0.2) is 0 Å². The fraction of sp³-hybridized carbons (Fsp3) is 1.00. The zero-order chi connectivity index (χ0) is 14.8. The second-order valence-electron chi connectivity index (χ2n) is 6.64. The van der Waals surface area contributed by atoms with E-state index in [1.165, 1.54) is 0 Å². The topological polar surface area (TPSA) is 15.3 Å². The largest absolute Gasteiger partial charge is 0.393 e. The quantitative estimate of drug-likeness (QED) is 0.857. The van der Waals surface area contributed by atoms with E-state index in [0.717, 1.165) is 32.4 Å². The lowest BCUT2D eigenvalue weighted by atomic mass is 9.82. The fourth-order valence-corrected chi connectivity index (χ4v) is 3.72. The molecule has 5 heteroatoms. The molecule has 2 nitrogen and oxygen atoms in total. The summed E-state index contributed by atoms with van der Waals surface area (Å²) in [6.45, 7) is 4.19. The third kappa shape index (κ3) is 4.10. The Morgan fingerprint density at radius 3 is 2.25 bits per heavy atom. The minimum atomic E-state index is -4.05. The number of likely N-dealkylation sites (tertiary alicyclic amines) is 1. The molecule has 118 valence electrons. The Morgan fingerprint density at radius 1 is 1.05 bits per heavy atom. The van der Waals surface area contributed by atoms with Gasteiger partial charge in [-0.25, -0.2) is 0 Å². The van der Waals surface area contributed by atoms with Crippen LogP contribution < -0.4 is 5.32 Å². The molecule has 0 aromatic heterocycles. The van der Waals surface area contributed by atoms with E-state index >= 15 is 0 Å². The van der Waals surface area contributed by atoms with Gasteiger partial charge in [-0.2, -0.15) is 13.2 Å². The predicted molar refractivity (Wildman–Crippen MR) is 74.6 cm³/mol. The van der Waals surface area contributed by atoms with Crippen LogP contribution in [-0.2, 0) is 0 Å². The molecule has 0 bridgehead atoms. The summed E-state index contributed by atoms with van der Waals surface area (Å²) in [7, 11) is 2.11. The van der Waals surface area contributed by atoms with Gasteiger partial charge in [-0.1, -0.05) is 12.8 Å². The maximum atomic E-state index is 13.1. The highest BCUT2D eigenvalue weighted by molar-refractivity contribution is 4.89. The first kappa shape index (κ1) is 16.1. The van der Waals surface area contributed by atoms with Crippen LogP contribution in [-0.4, -0.2) is 43.3 Å². The second-order valence-corrected chi connectivity index (χ2v) is 6.64. The Bertz CT molecular complexity index is 298. The summed E-state index contributed by atoms with van der Waals surface area (Å²) in [6.07, 6.45) is 0.727. The molecule has 1 saturated heterocycles. The molecule has 0 radical (unpaired) electrons. The molecule has 3 atom stereocenters. The maximum absolute atomic E-state index is 13.1. The van der Waals surface area contributed by atoms with Gasteiger partial charge >= 0.3 is 6.18 Å². The molecule has 0 amide bonds. The van der Waals surface area contributed by atoms with Gasteiger partial charge in [0.1, 0.15) is 0 Å². The van der Waals surface area contributed by atoms with Gasteiger partial charge in [-0.15, -0.1) is 0 Å². The van der Waals surface area contributed by atoms with Crippen molar-refractivity contribution in [3.05, 3.63) is 0 Å². The Kier molecular flexibility index (Phi) is 5.35. The van der Waals surface area contributed by atoms with Crippen molar-refractivity contribution < 1.29 is 13.2 Å². The van der Waals surface area contributed by atoms with Crippen LogP contribution in [0.3, 0.4) is 0 Å². The molecule has 0 aromatic carbocycles. The number of halogens is 3. The van der Waals surface area contributed by atoms with Crippen molar-refractivity contribution in [1.29, 1.82) is 0 Å². The number of rotatable bonds is 3. The van der Waals surface area contributed by atoms with Crippen LogP contribution in [0.25, 0.3) is 0 Å². The highest BCUT2D eigenvalue weighted by Gasteiger charge is 2.45. The first-order chi connectivity index (χ1) is 9.38. The number of nitrogens with one attached hydrogen (secondary N) is 1. The molecule has 3 unspecified atom stereocenters. The van der Waals surface area contributed by atoms with E-state index in [0.29, 0.717) is 25.2 Å². The fourth-order valence-electron chi connectivity index (χ4n) is 3.72. The Balaban J connectivity index is 1.89. The second kappa shape index (κ2) is 6.65. The average Bonchev–Trinajstić information content (AvgIpc) is 2.38. The van der Waals surface area contributed by atoms with Crippen LogP contribution in [0.4, 0.5) is 13.2 Å². The summed E-state index contributed by atoms with van der Waals surface area (Å²) in [5.74, 6) is -0.632. The van der Waals surface area contributed by atoms with E-state index in [2.05, 4.69) is 24.2 Å². The molecule has 1 aliphatic carbocycles. The summed E-state index contributed by atoms with van der Waals surface area (Å²) >= 11 is 0. The number of nitrogens with zero attached hydrogens (tertiary/aromatic N) is 1. The van der Waals surface area contributed by atoms with Gasteiger partial charge in [-0.3, -0.25) is 0 Å². The van der Waals surface area contributed by atoms with Gasteiger partial charge in [0.05, 0.1) is 5.92 Å². The highest BCUT2D eigenvalue weighted by atomic mass is 19.4. The van der Waals surface area contributed by atoms with Crippen molar-refractivity contribution in [1.82, 2.24) is 10.2 Å². The Labute approximate surface area is 120 Å². The molecule has 1 aliphatic heterocycles. The first-order valence-corrected chi connectivity index (χ1v) is 7.89. The monoisotopic (exact) mass is 292 g/mol. The van der Waals surface area contributed by atoms with Crippen molar-refractivity contribution >= 4 is 0 Å². The van der Waals surface area contributed by atoms with E-state index in [4.69, 9.17) is 0 Å². The number of hydrogen-bond donors (Lipinski definition) is 1. The van der Waals surface area contributed by atoms with Gasteiger partial charge < -0.3 is 10.2 Å². The van der Waals surface area contributed by atoms with Crippen molar-refractivity contribution in [2.45, 2.75) is 63.7 Å². The molecule has 1 heterocycles. The van der Waals surface area contributed by atoms with Gasteiger partial charge in [-0.05, 0) is 58.7 Å². The molecule has 0 spiro atoms. The molecular formula is C15H27F3N2. The van der Waals surface area contributed by atoms with Crippen LogP contribution in [0, 0.1) is 11.8 Å². The smallest absolute Gasteiger partial charge is 0.311 e. The molecule has 2 fully saturated rings. The van der Waals surface area contributed by atoms with Crippen molar-refractivity contribution in [2.75, 3.05) is 20.1 Å². The average molecular weight is 292 g/mol. The van der Waals surface area contributed by atoms with E-state index in [1.54, 1.807) is 0 Å². The van der Waals surface area contributed by atoms with Crippen LogP contribution >= 0.6 is 0 Å². The summed E-state index contributed by atoms with van der Waals surface area (Å²) in [5, 5.41) is 3.32. The molecule has 1 saturated carbocycles. The van der Waals surface area contributed by atoms with Gasteiger partial charge in [0.15, 0.2) is 0 Å². The van der Waals surface area contributed by atoms with Crippen LogP contribution in [0.5, 0.6) is 0 Å². The summed E-state index contributed by atoms with van der Waals surface area (Å²) in [5.41, 5.74) is 0. The molecular weight excluding hydrogens is 265 g/mol. The maximum Gasteiger partial charge on any atom is 0.393 e. The molecule has 2 aliphatic rings. The van der Waals surface area contributed by atoms with E-state index in [-0.39, 0.29) is 12.1 Å². The van der Waals surface area contributed by atoms with Crippen molar-refractivity contribution in [2.24, 2.45) is 11.8 Å². The standard InChI is InChI=1S/C15H27F3N2/c1-11(12-7-9-20(2)10-8-12)19-14-6-4-3-5-13(14)15(16,17)18/h11-14,19H,3-10H2,1-2H3. The normalized spacial score (nSPS) is 32.2.